The van der Waals surface area contributed by atoms with Crippen LogP contribution in [0.4, 0.5) is 4.39 Å². The molecule has 0 saturated carbocycles. The molecule has 0 spiro atoms. The topological polar surface area (TPSA) is 44.8 Å². The van der Waals surface area contributed by atoms with Crippen LogP contribution in [0.1, 0.15) is 21.5 Å². The lowest BCUT2D eigenvalue weighted by Crippen LogP contribution is -2.05. The van der Waals surface area contributed by atoms with Crippen molar-refractivity contribution in [1.29, 1.82) is 0 Å². The molecule has 22 heavy (non-hydrogen) atoms. The highest BCUT2D eigenvalue weighted by molar-refractivity contribution is 5.85. The summed E-state index contributed by atoms with van der Waals surface area (Å²) in [6.07, 6.45) is 0.688. The van der Waals surface area contributed by atoms with Gasteiger partial charge in [-0.2, -0.15) is 0 Å². The molecule has 5 heteroatoms. The maximum Gasteiger partial charge on any atom is 0.204 e. The van der Waals surface area contributed by atoms with Crippen LogP contribution in [0.3, 0.4) is 0 Å². The second kappa shape index (κ2) is 6.93. The minimum atomic E-state index is -0.367. The molecule has 0 aliphatic carbocycles. The first-order valence-electron chi connectivity index (χ1n) is 6.69. The van der Waals surface area contributed by atoms with Gasteiger partial charge in [-0.15, -0.1) is 0 Å². The number of aryl methyl sites for hydroxylation is 1. The summed E-state index contributed by atoms with van der Waals surface area (Å²) >= 11 is 0. The van der Waals surface area contributed by atoms with Crippen molar-refractivity contribution in [2.24, 2.45) is 0 Å². The Bertz CT molecular complexity index is 683. The van der Waals surface area contributed by atoms with E-state index in [0.29, 0.717) is 34.5 Å². The number of hydrogen-bond donors (Lipinski definition) is 0. The van der Waals surface area contributed by atoms with Crippen LogP contribution in [0.15, 0.2) is 30.3 Å². The summed E-state index contributed by atoms with van der Waals surface area (Å²) in [6.45, 7) is 1.75. The fourth-order valence-corrected chi connectivity index (χ4v) is 2.15. The summed E-state index contributed by atoms with van der Waals surface area (Å²) in [7, 11) is 2.95. The second-order valence-corrected chi connectivity index (χ2v) is 4.67. The summed E-state index contributed by atoms with van der Waals surface area (Å²) in [6, 6.07) is 7.99. The SMILES string of the molecule is COc1cc(C)c(C=O)c(OCc2ccccc2F)c1OC. The Balaban J connectivity index is 2.42. The predicted molar refractivity (Wildman–Crippen MR) is 80.4 cm³/mol. The highest BCUT2D eigenvalue weighted by Gasteiger charge is 2.19. The van der Waals surface area contributed by atoms with E-state index in [-0.39, 0.29) is 18.2 Å². The Kier molecular flexibility index (Phi) is 4.99. The normalized spacial score (nSPS) is 10.2. The molecule has 0 fully saturated rings. The van der Waals surface area contributed by atoms with Gasteiger partial charge in [0, 0.05) is 5.56 Å². The molecule has 0 bridgehead atoms. The van der Waals surface area contributed by atoms with Crippen LogP contribution in [0.2, 0.25) is 0 Å². The fraction of sp³-hybridized carbons (Fsp3) is 0.235. The molecular formula is C17H17FO4. The fourth-order valence-electron chi connectivity index (χ4n) is 2.15. The van der Waals surface area contributed by atoms with Crippen molar-refractivity contribution < 1.29 is 23.4 Å². The van der Waals surface area contributed by atoms with Crippen LogP contribution in [0.5, 0.6) is 17.2 Å². The van der Waals surface area contributed by atoms with E-state index in [1.807, 2.05) is 0 Å². The van der Waals surface area contributed by atoms with Gasteiger partial charge in [0.25, 0.3) is 0 Å². The van der Waals surface area contributed by atoms with Crippen LogP contribution < -0.4 is 14.2 Å². The predicted octanol–water partition coefficient (Wildman–Crippen LogP) is 3.54. The van der Waals surface area contributed by atoms with Crippen molar-refractivity contribution in [3.05, 3.63) is 52.8 Å². The van der Waals surface area contributed by atoms with E-state index in [0.717, 1.165) is 0 Å². The third kappa shape index (κ3) is 3.03. The Morgan fingerprint density at radius 1 is 1.14 bits per heavy atom. The first-order chi connectivity index (χ1) is 10.6. The number of benzene rings is 2. The van der Waals surface area contributed by atoms with Gasteiger partial charge in [0.1, 0.15) is 12.4 Å². The Morgan fingerprint density at radius 3 is 2.45 bits per heavy atom. The van der Waals surface area contributed by atoms with Crippen LogP contribution in [0, 0.1) is 12.7 Å². The number of methoxy groups -OCH3 is 2. The van der Waals surface area contributed by atoms with Gasteiger partial charge in [-0.25, -0.2) is 4.39 Å². The number of carbonyl (C=O) groups is 1. The van der Waals surface area contributed by atoms with Crippen molar-refractivity contribution >= 4 is 6.29 Å². The van der Waals surface area contributed by atoms with Crippen LogP contribution in [-0.2, 0) is 6.61 Å². The second-order valence-electron chi connectivity index (χ2n) is 4.67. The molecule has 0 aliphatic heterocycles. The summed E-state index contributed by atoms with van der Waals surface area (Å²) < 4.78 is 29.9. The monoisotopic (exact) mass is 304 g/mol. The third-order valence-corrected chi connectivity index (χ3v) is 3.32. The Morgan fingerprint density at radius 2 is 1.86 bits per heavy atom. The number of halogens is 1. The summed E-state index contributed by atoms with van der Waals surface area (Å²) in [4.78, 5) is 11.3. The van der Waals surface area contributed by atoms with Gasteiger partial charge in [-0.1, -0.05) is 18.2 Å². The summed E-state index contributed by atoms with van der Waals surface area (Å²) in [5.41, 5.74) is 1.44. The minimum Gasteiger partial charge on any atom is -0.493 e. The van der Waals surface area contributed by atoms with Gasteiger partial charge in [-0.05, 0) is 24.6 Å². The van der Waals surface area contributed by atoms with Gasteiger partial charge < -0.3 is 14.2 Å². The molecule has 0 radical (unpaired) electrons. The molecular weight excluding hydrogens is 287 g/mol. The summed E-state index contributed by atoms with van der Waals surface area (Å²) in [5.74, 6) is 0.645. The summed E-state index contributed by atoms with van der Waals surface area (Å²) in [5, 5.41) is 0. The first kappa shape index (κ1) is 15.8. The Hall–Kier alpha value is -2.56. The molecule has 2 rings (SSSR count). The zero-order chi connectivity index (χ0) is 16.1. The standard InChI is InChI=1S/C17H17FO4/c1-11-8-15(20-2)17(21-3)16(13(11)9-19)22-10-12-6-4-5-7-14(12)18/h4-9H,10H2,1-3H3. The average Bonchev–Trinajstić information content (AvgIpc) is 2.53. The van der Waals surface area contributed by atoms with E-state index in [4.69, 9.17) is 14.2 Å². The molecule has 0 aromatic heterocycles. The van der Waals surface area contributed by atoms with Crippen LogP contribution in [-0.4, -0.2) is 20.5 Å². The van der Waals surface area contributed by atoms with Crippen molar-refractivity contribution in [1.82, 2.24) is 0 Å². The van der Waals surface area contributed by atoms with Crippen LogP contribution >= 0.6 is 0 Å². The molecule has 0 unspecified atom stereocenters. The average molecular weight is 304 g/mol. The van der Waals surface area contributed by atoms with Crippen molar-refractivity contribution in [3.8, 4) is 17.2 Å². The highest BCUT2D eigenvalue weighted by Crippen LogP contribution is 2.41. The minimum absolute atomic E-state index is 0.0174. The lowest BCUT2D eigenvalue weighted by molar-refractivity contribution is 0.111. The van der Waals surface area contributed by atoms with Gasteiger partial charge in [-0.3, -0.25) is 4.79 Å². The maximum atomic E-state index is 13.7. The van der Waals surface area contributed by atoms with E-state index < -0.39 is 0 Å². The molecule has 4 nitrogen and oxygen atoms in total. The quantitative estimate of drug-likeness (QED) is 0.766. The smallest absolute Gasteiger partial charge is 0.204 e. The van der Waals surface area contributed by atoms with Gasteiger partial charge in [0.2, 0.25) is 5.75 Å². The number of carbonyl (C=O) groups excluding carboxylic acids is 1. The molecule has 0 heterocycles. The molecule has 116 valence electrons. The maximum absolute atomic E-state index is 13.7. The van der Waals surface area contributed by atoms with E-state index in [2.05, 4.69) is 0 Å². The first-order valence-corrected chi connectivity index (χ1v) is 6.69. The molecule has 0 aliphatic rings. The molecule has 0 saturated heterocycles. The lowest BCUT2D eigenvalue weighted by Gasteiger charge is -2.17. The number of aldehydes is 1. The van der Waals surface area contributed by atoms with Crippen molar-refractivity contribution in [3.63, 3.8) is 0 Å². The zero-order valence-electron chi connectivity index (χ0n) is 12.7. The van der Waals surface area contributed by atoms with E-state index >= 15 is 0 Å². The third-order valence-electron chi connectivity index (χ3n) is 3.32. The van der Waals surface area contributed by atoms with E-state index in [9.17, 15) is 9.18 Å². The zero-order valence-corrected chi connectivity index (χ0v) is 12.7. The lowest BCUT2D eigenvalue weighted by atomic mass is 10.1. The van der Waals surface area contributed by atoms with Crippen molar-refractivity contribution in [2.45, 2.75) is 13.5 Å². The van der Waals surface area contributed by atoms with Crippen molar-refractivity contribution in [2.75, 3.05) is 14.2 Å². The van der Waals surface area contributed by atoms with Gasteiger partial charge in [0.05, 0.1) is 19.8 Å². The number of rotatable bonds is 6. The Labute approximate surface area is 128 Å². The molecule has 0 amide bonds. The number of hydrogen-bond acceptors (Lipinski definition) is 4. The van der Waals surface area contributed by atoms with Crippen LogP contribution in [0.25, 0.3) is 0 Å². The molecule has 2 aromatic carbocycles. The van der Waals surface area contributed by atoms with E-state index in [1.165, 1.54) is 20.3 Å². The number of ether oxygens (including phenoxy) is 3. The molecule has 0 atom stereocenters. The largest absolute Gasteiger partial charge is 0.493 e. The van der Waals surface area contributed by atoms with Gasteiger partial charge >= 0.3 is 0 Å². The van der Waals surface area contributed by atoms with E-state index in [1.54, 1.807) is 31.2 Å². The highest BCUT2D eigenvalue weighted by atomic mass is 19.1. The molecule has 0 N–H and O–H groups in total. The molecule has 2 aromatic rings. The van der Waals surface area contributed by atoms with Gasteiger partial charge in [0.15, 0.2) is 17.8 Å².